The van der Waals surface area contributed by atoms with Crippen molar-refractivity contribution in [2.24, 2.45) is 0 Å². The SMILES string of the molecule is C[C@H](NC(=O)OC(C)(C)C)C(=O)NCc1ccc(C(=N)NC(=O)OCc2ccccc2)cc1. The molecule has 0 fully saturated rings. The second-order valence-electron chi connectivity index (χ2n) is 8.34. The van der Waals surface area contributed by atoms with Gasteiger partial charge in [0.2, 0.25) is 5.91 Å². The molecule has 0 saturated carbocycles. The monoisotopic (exact) mass is 454 g/mol. The summed E-state index contributed by atoms with van der Waals surface area (Å²) in [4.78, 5) is 35.9. The van der Waals surface area contributed by atoms with E-state index in [0.29, 0.717) is 5.56 Å². The molecule has 0 radical (unpaired) electrons. The Hall–Kier alpha value is -3.88. The molecule has 33 heavy (non-hydrogen) atoms. The minimum atomic E-state index is -0.765. The predicted molar refractivity (Wildman–Crippen MR) is 124 cm³/mol. The molecule has 4 N–H and O–H groups in total. The number of alkyl carbamates (subject to hydrolysis) is 2. The van der Waals surface area contributed by atoms with Crippen LogP contribution in [-0.2, 0) is 27.4 Å². The van der Waals surface area contributed by atoms with E-state index >= 15 is 0 Å². The quantitative estimate of drug-likeness (QED) is 0.376. The molecule has 0 heterocycles. The number of benzene rings is 2. The molecule has 1 atom stereocenters. The number of nitrogens with one attached hydrogen (secondary N) is 4. The molecule has 0 bridgehead atoms. The van der Waals surface area contributed by atoms with Crippen molar-refractivity contribution in [2.45, 2.75) is 52.5 Å². The van der Waals surface area contributed by atoms with Crippen LogP contribution in [0.4, 0.5) is 9.59 Å². The minimum Gasteiger partial charge on any atom is -0.444 e. The molecule has 9 nitrogen and oxygen atoms in total. The highest BCUT2D eigenvalue weighted by Crippen LogP contribution is 2.08. The van der Waals surface area contributed by atoms with E-state index in [0.717, 1.165) is 11.1 Å². The highest BCUT2D eigenvalue weighted by atomic mass is 16.6. The van der Waals surface area contributed by atoms with Crippen LogP contribution in [0.25, 0.3) is 0 Å². The topological polar surface area (TPSA) is 130 Å². The number of carbonyl (C=O) groups excluding carboxylic acids is 3. The Labute approximate surface area is 193 Å². The Balaban J connectivity index is 1.77. The lowest BCUT2D eigenvalue weighted by Crippen LogP contribution is -2.46. The van der Waals surface area contributed by atoms with Crippen LogP contribution < -0.4 is 16.0 Å². The highest BCUT2D eigenvalue weighted by molar-refractivity contribution is 6.04. The maximum Gasteiger partial charge on any atom is 0.413 e. The fourth-order valence-electron chi connectivity index (χ4n) is 2.61. The summed E-state index contributed by atoms with van der Waals surface area (Å²) in [7, 11) is 0. The van der Waals surface area contributed by atoms with Crippen molar-refractivity contribution in [1.29, 1.82) is 5.41 Å². The van der Waals surface area contributed by atoms with E-state index in [4.69, 9.17) is 14.9 Å². The van der Waals surface area contributed by atoms with E-state index in [2.05, 4.69) is 16.0 Å². The number of amides is 3. The summed E-state index contributed by atoms with van der Waals surface area (Å²) in [6.07, 6.45) is -1.38. The number of amidine groups is 1. The Kier molecular flexibility index (Phi) is 8.97. The normalized spacial score (nSPS) is 11.6. The van der Waals surface area contributed by atoms with Crippen molar-refractivity contribution >= 4 is 23.9 Å². The fourth-order valence-corrected chi connectivity index (χ4v) is 2.61. The molecule has 0 aromatic heterocycles. The zero-order chi connectivity index (χ0) is 24.4. The van der Waals surface area contributed by atoms with Gasteiger partial charge in [0.1, 0.15) is 24.1 Å². The van der Waals surface area contributed by atoms with Crippen LogP contribution in [0.5, 0.6) is 0 Å². The lowest BCUT2D eigenvalue weighted by molar-refractivity contribution is -0.122. The summed E-state index contributed by atoms with van der Waals surface area (Å²) < 4.78 is 10.2. The van der Waals surface area contributed by atoms with Crippen LogP contribution in [0.2, 0.25) is 0 Å². The third-order valence-electron chi connectivity index (χ3n) is 4.28. The van der Waals surface area contributed by atoms with Crippen molar-refractivity contribution in [3.8, 4) is 0 Å². The van der Waals surface area contributed by atoms with Crippen LogP contribution in [0.15, 0.2) is 54.6 Å². The summed E-state index contributed by atoms with van der Waals surface area (Å²) >= 11 is 0. The molecule has 0 aliphatic heterocycles. The van der Waals surface area contributed by atoms with Crippen molar-refractivity contribution in [1.82, 2.24) is 16.0 Å². The van der Waals surface area contributed by atoms with Gasteiger partial charge in [-0.1, -0.05) is 54.6 Å². The van der Waals surface area contributed by atoms with Crippen LogP contribution in [0.1, 0.15) is 44.4 Å². The van der Waals surface area contributed by atoms with Crippen LogP contribution in [0, 0.1) is 5.41 Å². The molecule has 2 aromatic rings. The van der Waals surface area contributed by atoms with Crippen LogP contribution >= 0.6 is 0 Å². The van der Waals surface area contributed by atoms with Gasteiger partial charge in [0.05, 0.1) is 0 Å². The van der Waals surface area contributed by atoms with Gasteiger partial charge in [-0.15, -0.1) is 0 Å². The number of hydrogen-bond donors (Lipinski definition) is 4. The van der Waals surface area contributed by atoms with Gasteiger partial charge in [-0.05, 0) is 38.8 Å². The number of hydrogen-bond acceptors (Lipinski definition) is 6. The third-order valence-corrected chi connectivity index (χ3v) is 4.28. The first-order valence-electron chi connectivity index (χ1n) is 10.5. The Morgan fingerprint density at radius 3 is 2.18 bits per heavy atom. The zero-order valence-corrected chi connectivity index (χ0v) is 19.2. The molecule has 0 aliphatic carbocycles. The number of ether oxygens (including phenoxy) is 2. The molecule has 176 valence electrons. The van der Waals surface area contributed by atoms with E-state index in [9.17, 15) is 14.4 Å². The van der Waals surface area contributed by atoms with Crippen LogP contribution in [-0.4, -0.2) is 35.6 Å². The van der Waals surface area contributed by atoms with E-state index in [1.54, 1.807) is 52.0 Å². The maximum absolute atomic E-state index is 12.2. The van der Waals surface area contributed by atoms with Crippen molar-refractivity contribution in [2.75, 3.05) is 0 Å². The number of rotatable bonds is 7. The Morgan fingerprint density at radius 1 is 0.939 bits per heavy atom. The van der Waals surface area contributed by atoms with Gasteiger partial charge in [0.15, 0.2) is 0 Å². The first-order chi connectivity index (χ1) is 15.5. The third kappa shape index (κ3) is 9.42. The lowest BCUT2D eigenvalue weighted by atomic mass is 10.1. The maximum atomic E-state index is 12.2. The van der Waals surface area contributed by atoms with Crippen molar-refractivity contribution in [3.05, 3.63) is 71.3 Å². The second kappa shape index (κ2) is 11.7. The van der Waals surface area contributed by atoms with Crippen LogP contribution in [0.3, 0.4) is 0 Å². The standard InChI is InChI=1S/C24H30N4O5/c1-16(27-23(31)33-24(2,3)4)21(29)26-14-17-10-12-19(13-11-17)20(25)28-22(30)32-15-18-8-6-5-7-9-18/h5-13,16H,14-15H2,1-4H3,(H,26,29)(H,27,31)(H2,25,28,30)/t16-/m0/s1. The molecule has 2 rings (SSSR count). The highest BCUT2D eigenvalue weighted by Gasteiger charge is 2.20. The average molecular weight is 455 g/mol. The molecule has 3 amide bonds. The minimum absolute atomic E-state index is 0.0983. The van der Waals surface area contributed by atoms with Gasteiger partial charge < -0.3 is 20.1 Å². The zero-order valence-electron chi connectivity index (χ0n) is 19.2. The van der Waals surface area contributed by atoms with E-state index in [-0.39, 0.29) is 24.9 Å². The summed E-state index contributed by atoms with van der Waals surface area (Å²) in [6.45, 7) is 7.13. The first kappa shape index (κ1) is 25.4. The largest absolute Gasteiger partial charge is 0.444 e. The van der Waals surface area contributed by atoms with Gasteiger partial charge in [-0.2, -0.15) is 0 Å². The molecule has 0 aliphatic rings. The van der Waals surface area contributed by atoms with Gasteiger partial charge in [-0.3, -0.25) is 15.5 Å². The second-order valence-corrected chi connectivity index (χ2v) is 8.34. The van der Waals surface area contributed by atoms with Gasteiger partial charge >= 0.3 is 12.2 Å². The molecule has 2 aromatic carbocycles. The van der Waals surface area contributed by atoms with E-state index < -0.39 is 23.8 Å². The molecule has 9 heteroatoms. The first-order valence-corrected chi connectivity index (χ1v) is 10.5. The van der Waals surface area contributed by atoms with Gasteiger partial charge in [0.25, 0.3) is 0 Å². The molecular formula is C24H30N4O5. The van der Waals surface area contributed by atoms with Gasteiger partial charge in [0, 0.05) is 12.1 Å². The summed E-state index contributed by atoms with van der Waals surface area (Å²) in [5.74, 6) is -0.459. The molecule has 0 unspecified atom stereocenters. The van der Waals surface area contributed by atoms with Gasteiger partial charge in [-0.25, -0.2) is 9.59 Å². The van der Waals surface area contributed by atoms with Crippen molar-refractivity contribution in [3.63, 3.8) is 0 Å². The fraction of sp³-hybridized carbons (Fsp3) is 0.333. The van der Waals surface area contributed by atoms with E-state index in [1.807, 2.05) is 30.3 Å². The lowest BCUT2D eigenvalue weighted by Gasteiger charge is -2.21. The molecule has 0 spiro atoms. The number of carbonyl (C=O) groups is 3. The Bertz CT molecular complexity index is 969. The predicted octanol–water partition coefficient (Wildman–Crippen LogP) is 3.47. The summed E-state index contributed by atoms with van der Waals surface area (Å²) in [5.41, 5.74) is 1.47. The molecule has 0 saturated heterocycles. The summed E-state index contributed by atoms with van der Waals surface area (Å²) in [6, 6.07) is 15.2. The molecular weight excluding hydrogens is 424 g/mol. The van der Waals surface area contributed by atoms with E-state index in [1.165, 1.54) is 0 Å². The van der Waals surface area contributed by atoms with Crippen molar-refractivity contribution < 1.29 is 23.9 Å². The average Bonchev–Trinajstić information content (AvgIpc) is 2.75. The smallest absolute Gasteiger partial charge is 0.413 e. The summed E-state index contributed by atoms with van der Waals surface area (Å²) in [5, 5.41) is 15.6. The Morgan fingerprint density at radius 2 is 1.58 bits per heavy atom.